The molecule has 0 radical (unpaired) electrons. The summed E-state index contributed by atoms with van der Waals surface area (Å²) in [6.45, 7) is 0. The molecule has 0 aromatic heterocycles. The molecule has 0 atom stereocenters. The highest BCUT2D eigenvalue weighted by molar-refractivity contribution is 6.03. The van der Waals surface area contributed by atoms with Crippen molar-refractivity contribution in [2.45, 2.75) is 0 Å². The minimum Gasteiger partial charge on any atom is -0.355 e. The molecule has 5 heteroatoms. The van der Waals surface area contributed by atoms with Gasteiger partial charge in [0.1, 0.15) is 5.82 Å². The minimum absolute atomic E-state index is 0.230. The summed E-state index contributed by atoms with van der Waals surface area (Å²) in [5.74, 6) is -0.953. The Bertz CT molecular complexity index is 726. The zero-order valence-electron chi connectivity index (χ0n) is 12.0. The molecule has 0 fully saturated rings. The predicted octanol–water partition coefficient (Wildman–Crippen LogP) is 2.84. The monoisotopic (exact) mass is 298 g/mol. The predicted molar refractivity (Wildman–Crippen MR) is 83.9 cm³/mol. The molecule has 0 bridgehead atoms. The smallest absolute Gasteiger partial charge is 0.251 e. The van der Waals surface area contributed by atoms with Gasteiger partial charge >= 0.3 is 0 Å². The van der Waals surface area contributed by atoms with E-state index >= 15 is 0 Å². The van der Waals surface area contributed by atoms with Gasteiger partial charge in [-0.2, -0.15) is 0 Å². The Morgan fingerprint density at radius 3 is 2.59 bits per heavy atom. The van der Waals surface area contributed by atoms with Crippen LogP contribution >= 0.6 is 0 Å². The summed E-state index contributed by atoms with van der Waals surface area (Å²) in [5, 5.41) is 5.16. The van der Waals surface area contributed by atoms with E-state index in [4.69, 9.17) is 0 Å². The number of rotatable bonds is 4. The molecule has 2 rings (SSSR count). The van der Waals surface area contributed by atoms with Gasteiger partial charge in [-0.15, -0.1) is 0 Å². The molecule has 2 N–H and O–H groups in total. The van der Waals surface area contributed by atoms with Crippen molar-refractivity contribution < 1.29 is 14.0 Å². The Balaban J connectivity index is 2.04. The molecule has 0 spiro atoms. The zero-order valence-corrected chi connectivity index (χ0v) is 12.0. The number of halogens is 1. The summed E-state index contributed by atoms with van der Waals surface area (Å²) in [4.78, 5) is 23.3. The molecule has 0 aliphatic rings. The summed E-state index contributed by atoms with van der Waals surface area (Å²) < 4.78 is 13.0. The highest BCUT2D eigenvalue weighted by Crippen LogP contribution is 2.11. The lowest BCUT2D eigenvalue weighted by atomic mass is 10.2. The van der Waals surface area contributed by atoms with Crippen LogP contribution in [0.2, 0.25) is 0 Å². The fourth-order valence-corrected chi connectivity index (χ4v) is 1.85. The SMILES string of the molecule is CNC(=O)c1cccc(NC(=O)C=Cc2cccc(F)c2)c1. The van der Waals surface area contributed by atoms with E-state index in [1.54, 1.807) is 36.4 Å². The fraction of sp³-hybridized carbons (Fsp3) is 0.0588. The molecule has 0 saturated heterocycles. The van der Waals surface area contributed by atoms with Crippen molar-refractivity contribution in [3.8, 4) is 0 Å². The van der Waals surface area contributed by atoms with Crippen LogP contribution in [0.5, 0.6) is 0 Å². The quantitative estimate of drug-likeness (QED) is 0.853. The van der Waals surface area contributed by atoms with Crippen LogP contribution < -0.4 is 10.6 Å². The van der Waals surface area contributed by atoms with E-state index in [1.165, 1.54) is 31.3 Å². The molecular formula is C17H15FN2O2. The van der Waals surface area contributed by atoms with E-state index in [0.29, 0.717) is 16.8 Å². The first-order valence-corrected chi connectivity index (χ1v) is 6.65. The molecule has 4 nitrogen and oxygen atoms in total. The topological polar surface area (TPSA) is 58.2 Å². The van der Waals surface area contributed by atoms with Crippen molar-refractivity contribution in [3.05, 3.63) is 71.6 Å². The van der Waals surface area contributed by atoms with Crippen molar-refractivity contribution in [3.63, 3.8) is 0 Å². The third-order valence-corrected chi connectivity index (χ3v) is 2.90. The van der Waals surface area contributed by atoms with Gasteiger partial charge in [0.05, 0.1) is 0 Å². The van der Waals surface area contributed by atoms with Gasteiger partial charge in [-0.1, -0.05) is 18.2 Å². The standard InChI is InChI=1S/C17H15FN2O2/c1-19-17(22)13-5-3-7-15(11-13)20-16(21)9-8-12-4-2-6-14(18)10-12/h2-11H,1H3,(H,19,22)(H,20,21). The van der Waals surface area contributed by atoms with Gasteiger partial charge < -0.3 is 10.6 Å². The molecule has 0 unspecified atom stereocenters. The van der Waals surface area contributed by atoms with Gasteiger partial charge in [-0.25, -0.2) is 4.39 Å². The molecule has 0 aliphatic carbocycles. The number of carbonyl (C=O) groups is 2. The van der Waals surface area contributed by atoms with Crippen molar-refractivity contribution in [2.75, 3.05) is 12.4 Å². The third kappa shape index (κ3) is 4.28. The van der Waals surface area contributed by atoms with Crippen LogP contribution in [-0.2, 0) is 4.79 Å². The summed E-state index contributed by atoms with van der Waals surface area (Å²) in [6.07, 6.45) is 2.82. The van der Waals surface area contributed by atoms with Gasteiger partial charge in [0.15, 0.2) is 0 Å². The van der Waals surface area contributed by atoms with Gasteiger partial charge in [-0.3, -0.25) is 9.59 Å². The number of hydrogen-bond donors (Lipinski definition) is 2. The Morgan fingerprint density at radius 2 is 1.86 bits per heavy atom. The minimum atomic E-state index is -0.363. The number of benzene rings is 2. The van der Waals surface area contributed by atoms with Gasteiger partial charge in [0.2, 0.25) is 5.91 Å². The number of carbonyl (C=O) groups excluding carboxylic acids is 2. The molecule has 2 amide bonds. The second-order valence-electron chi connectivity index (χ2n) is 4.54. The lowest BCUT2D eigenvalue weighted by molar-refractivity contribution is -0.111. The molecular weight excluding hydrogens is 283 g/mol. The van der Waals surface area contributed by atoms with Crippen LogP contribution in [-0.4, -0.2) is 18.9 Å². The highest BCUT2D eigenvalue weighted by atomic mass is 19.1. The Labute approximate surface area is 127 Å². The van der Waals surface area contributed by atoms with E-state index < -0.39 is 0 Å². The van der Waals surface area contributed by atoms with Crippen LogP contribution in [0.3, 0.4) is 0 Å². The number of hydrogen-bond acceptors (Lipinski definition) is 2. The van der Waals surface area contributed by atoms with E-state index in [1.807, 2.05) is 0 Å². The molecule has 2 aromatic rings. The van der Waals surface area contributed by atoms with Crippen LogP contribution in [0.25, 0.3) is 6.08 Å². The second-order valence-corrected chi connectivity index (χ2v) is 4.54. The van der Waals surface area contributed by atoms with Crippen LogP contribution in [0.15, 0.2) is 54.6 Å². The maximum absolute atomic E-state index is 13.0. The van der Waals surface area contributed by atoms with Gasteiger partial charge in [-0.05, 0) is 42.0 Å². The second kappa shape index (κ2) is 7.17. The molecule has 0 aliphatic heterocycles. The lowest BCUT2D eigenvalue weighted by Crippen LogP contribution is -2.18. The summed E-state index contributed by atoms with van der Waals surface area (Å²) in [7, 11) is 1.54. The van der Waals surface area contributed by atoms with Gasteiger partial charge in [0, 0.05) is 24.4 Å². The van der Waals surface area contributed by atoms with Crippen LogP contribution in [0.4, 0.5) is 10.1 Å². The molecule has 2 aromatic carbocycles. The maximum atomic E-state index is 13.0. The lowest BCUT2D eigenvalue weighted by Gasteiger charge is -2.05. The van der Waals surface area contributed by atoms with Crippen molar-refractivity contribution in [2.24, 2.45) is 0 Å². The summed E-state index contributed by atoms with van der Waals surface area (Å²) >= 11 is 0. The number of anilines is 1. The maximum Gasteiger partial charge on any atom is 0.251 e. The van der Waals surface area contributed by atoms with E-state index in [2.05, 4.69) is 10.6 Å². The first kappa shape index (κ1) is 15.4. The average Bonchev–Trinajstić information content (AvgIpc) is 2.52. The largest absolute Gasteiger partial charge is 0.355 e. The van der Waals surface area contributed by atoms with Crippen molar-refractivity contribution in [1.29, 1.82) is 0 Å². The third-order valence-electron chi connectivity index (χ3n) is 2.90. The highest BCUT2D eigenvalue weighted by Gasteiger charge is 2.04. The molecule has 0 heterocycles. The van der Waals surface area contributed by atoms with E-state index in [0.717, 1.165) is 0 Å². The molecule has 112 valence electrons. The van der Waals surface area contributed by atoms with Gasteiger partial charge in [0.25, 0.3) is 5.91 Å². The average molecular weight is 298 g/mol. The van der Waals surface area contributed by atoms with E-state index in [-0.39, 0.29) is 17.6 Å². The Hall–Kier alpha value is -2.95. The zero-order chi connectivity index (χ0) is 15.9. The fourth-order valence-electron chi connectivity index (χ4n) is 1.85. The van der Waals surface area contributed by atoms with Crippen LogP contribution in [0.1, 0.15) is 15.9 Å². The molecule has 0 saturated carbocycles. The first-order valence-electron chi connectivity index (χ1n) is 6.65. The van der Waals surface area contributed by atoms with Crippen molar-refractivity contribution in [1.82, 2.24) is 5.32 Å². The summed E-state index contributed by atoms with van der Waals surface area (Å²) in [6, 6.07) is 12.5. The normalized spacial score (nSPS) is 10.5. The van der Waals surface area contributed by atoms with Crippen molar-refractivity contribution >= 4 is 23.6 Å². The first-order chi connectivity index (χ1) is 10.6. The van der Waals surface area contributed by atoms with Crippen LogP contribution in [0, 0.1) is 5.82 Å². The number of amides is 2. The Kier molecular flexibility index (Phi) is 5.03. The van der Waals surface area contributed by atoms with E-state index in [9.17, 15) is 14.0 Å². The Morgan fingerprint density at radius 1 is 1.09 bits per heavy atom. The number of nitrogens with one attached hydrogen (secondary N) is 2. The summed E-state index contributed by atoms with van der Waals surface area (Å²) in [5.41, 5.74) is 1.55. The molecule has 22 heavy (non-hydrogen) atoms.